The van der Waals surface area contributed by atoms with Crippen molar-refractivity contribution >= 4 is 5.82 Å². The van der Waals surface area contributed by atoms with Crippen LogP contribution in [0, 0.1) is 13.8 Å². The molecule has 96 valence electrons. The number of rotatable bonds is 3. The minimum absolute atomic E-state index is 0.854. The summed E-state index contributed by atoms with van der Waals surface area (Å²) in [7, 11) is 5.50. The number of ether oxygens (including phenoxy) is 1. The average molecular weight is 245 g/mol. The van der Waals surface area contributed by atoms with Gasteiger partial charge in [-0.25, -0.2) is 0 Å². The molecular weight excluding hydrogens is 226 g/mol. The van der Waals surface area contributed by atoms with Crippen molar-refractivity contribution in [1.29, 1.82) is 0 Å². The van der Waals surface area contributed by atoms with Crippen molar-refractivity contribution in [2.45, 2.75) is 13.8 Å². The van der Waals surface area contributed by atoms with E-state index in [4.69, 9.17) is 4.74 Å². The molecule has 4 heteroatoms. The first-order valence-corrected chi connectivity index (χ1v) is 5.94. The Kier molecular flexibility index (Phi) is 3.28. The molecule has 0 amide bonds. The van der Waals surface area contributed by atoms with Gasteiger partial charge in [0.2, 0.25) is 0 Å². The maximum atomic E-state index is 5.47. The van der Waals surface area contributed by atoms with E-state index < -0.39 is 0 Å². The molecule has 4 nitrogen and oxygen atoms in total. The van der Waals surface area contributed by atoms with E-state index in [9.17, 15) is 0 Å². The predicted molar refractivity (Wildman–Crippen MR) is 74.2 cm³/mol. The normalized spacial score (nSPS) is 10.5. The maximum Gasteiger partial charge on any atom is 0.148 e. The summed E-state index contributed by atoms with van der Waals surface area (Å²) in [5.74, 6) is 1.73. The lowest BCUT2D eigenvalue weighted by Gasteiger charge is -2.11. The molecule has 0 unspecified atom stereocenters. The molecule has 0 saturated carbocycles. The minimum Gasteiger partial charge on any atom is -0.496 e. The second kappa shape index (κ2) is 4.72. The van der Waals surface area contributed by atoms with Crippen LogP contribution in [0.4, 0.5) is 5.82 Å². The van der Waals surface area contributed by atoms with Crippen LogP contribution in [0.25, 0.3) is 11.3 Å². The summed E-state index contributed by atoms with van der Waals surface area (Å²) in [6.45, 7) is 4.19. The fourth-order valence-electron chi connectivity index (χ4n) is 2.00. The van der Waals surface area contributed by atoms with E-state index in [-0.39, 0.29) is 0 Å². The van der Waals surface area contributed by atoms with Crippen LogP contribution in [-0.4, -0.2) is 23.9 Å². The Morgan fingerprint density at radius 3 is 2.39 bits per heavy atom. The van der Waals surface area contributed by atoms with E-state index >= 15 is 0 Å². The summed E-state index contributed by atoms with van der Waals surface area (Å²) in [5, 5.41) is 7.43. The molecule has 0 atom stereocenters. The number of aryl methyl sites for hydroxylation is 3. The lowest BCUT2D eigenvalue weighted by molar-refractivity contribution is 0.415. The van der Waals surface area contributed by atoms with Crippen molar-refractivity contribution in [1.82, 2.24) is 9.78 Å². The number of nitrogens with one attached hydrogen (secondary N) is 1. The number of aromatic nitrogens is 2. The highest BCUT2D eigenvalue weighted by Gasteiger charge is 2.13. The smallest absolute Gasteiger partial charge is 0.148 e. The first kappa shape index (κ1) is 12.5. The summed E-state index contributed by atoms with van der Waals surface area (Å²) in [6, 6.07) is 6.23. The number of anilines is 1. The topological polar surface area (TPSA) is 39.1 Å². The van der Waals surface area contributed by atoms with E-state index in [1.807, 2.05) is 24.8 Å². The molecule has 0 aliphatic heterocycles. The number of hydrogen-bond donors (Lipinski definition) is 1. The third kappa shape index (κ3) is 2.06. The molecule has 0 aliphatic rings. The SMILES string of the molecule is CNc1cc(-c2cc(C)c(C)cc2OC)n(C)n1. The van der Waals surface area contributed by atoms with Gasteiger partial charge in [-0.1, -0.05) is 0 Å². The van der Waals surface area contributed by atoms with Gasteiger partial charge in [0.05, 0.1) is 12.8 Å². The van der Waals surface area contributed by atoms with Crippen molar-refractivity contribution in [3.05, 3.63) is 29.3 Å². The summed E-state index contributed by atoms with van der Waals surface area (Å²) in [5.41, 5.74) is 4.58. The third-order valence-corrected chi connectivity index (χ3v) is 3.23. The third-order valence-electron chi connectivity index (χ3n) is 3.23. The zero-order valence-electron chi connectivity index (χ0n) is 11.5. The highest BCUT2D eigenvalue weighted by molar-refractivity contribution is 5.71. The standard InChI is InChI=1S/C14H19N3O/c1-9-6-11(13(18-5)7-10(9)2)12-8-14(15-3)16-17(12)4/h6-8H,1-5H3,(H,15,16). The van der Waals surface area contributed by atoms with Crippen LogP contribution in [-0.2, 0) is 7.05 Å². The zero-order chi connectivity index (χ0) is 13.3. The maximum absolute atomic E-state index is 5.47. The Labute approximate surface area is 108 Å². The molecular formula is C14H19N3O. The van der Waals surface area contributed by atoms with Crippen LogP contribution < -0.4 is 10.1 Å². The van der Waals surface area contributed by atoms with Crippen LogP contribution in [0.1, 0.15) is 11.1 Å². The fourth-order valence-corrected chi connectivity index (χ4v) is 2.00. The Morgan fingerprint density at radius 1 is 1.17 bits per heavy atom. The van der Waals surface area contributed by atoms with Gasteiger partial charge in [0.1, 0.15) is 11.6 Å². The number of hydrogen-bond acceptors (Lipinski definition) is 3. The van der Waals surface area contributed by atoms with Gasteiger partial charge in [-0.2, -0.15) is 5.10 Å². The highest BCUT2D eigenvalue weighted by atomic mass is 16.5. The van der Waals surface area contributed by atoms with Gasteiger partial charge < -0.3 is 10.1 Å². The number of methoxy groups -OCH3 is 1. The van der Waals surface area contributed by atoms with Crippen LogP contribution >= 0.6 is 0 Å². The quantitative estimate of drug-likeness (QED) is 0.903. The van der Waals surface area contributed by atoms with Crippen LogP contribution in [0.5, 0.6) is 5.75 Å². The molecule has 1 N–H and O–H groups in total. The van der Waals surface area contributed by atoms with Gasteiger partial charge in [-0.05, 0) is 37.1 Å². The van der Waals surface area contributed by atoms with Crippen molar-refractivity contribution in [3.8, 4) is 17.0 Å². The van der Waals surface area contributed by atoms with E-state index in [0.29, 0.717) is 0 Å². The molecule has 0 saturated heterocycles. The van der Waals surface area contributed by atoms with E-state index in [0.717, 1.165) is 22.8 Å². The summed E-state index contributed by atoms with van der Waals surface area (Å²) in [6.07, 6.45) is 0. The predicted octanol–water partition coefficient (Wildman–Crippen LogP) is 2.75. The number of nitrogens with zero attached hydrogens (tertiary/aromatic N) is 2. The average Bonchev–Trinajstić information content (AvgIpc) is 2.73. The molecule has 0 fully saturated rings. The van der Waals surface area contributed by atoms with Gasteiger partial charge in [0.25, 0.3) is 0 Å². The van der Waals surface area contributed by atoms with E-state index in [2.05, 4.69) is 36.4 Å². The monoisotopic (exact) mass is 245 g/mol. The Bertz CT molecular complexity index is 573. The van der Waals surface area contributed by atoms with E-state index in [1.165, 1.54) is 11.1 Å². The molecule has 2 rings (SSSR count). The fraction of sp³-hybridized carbons (Fsp3) is 0.357. The molecule has 0 aliphatic carbocycles. The molecule has 0 bridgehead atoms. The lowest BCUT2D eigenvalue weighted by atomic mass is 10.0. The summed E-state index contributed by atoms with van der Waals surface area (Å²) in [4.78, 5) is 0. The molecule has 18 heavy (non-hydrogen) atoms. The molecule has 0 spiro atoms. The van der Waals surface area contributed by atoms with Gasteiger partial charge in [0.15, 0.2) is 0 Å². The van der Waals surface area contributed by atoms with Gasteiger partial charge in [-0.15, -0.1) is 0 Å². The second-order valence-corrected chi connectivity index (χ2v) is 4.43. The Morgan fingerprint density at radius 2 is 1.83 bits per heavy atom. The second-order valence-electron chi connectivity index (χ2n) is 4.43. The molecule has 1 aromatic heterocycles. The van der Waals surface area contributed by atoms with Crippen molar-refractivity contribution in [2.75, 3.05) is 19.5 Å². The van der Waals surface area contributed by atoms with Crippen molar-refractivity contribution in [2.24, 2.45) is 7.05 Å². The first-order chi connectivity index (χ1) is 8.56. The van der Waals surface area contributed by atoms with Crippen molar-refractivity contribution in [3.63, 3.8) is 0 Å². The summed E-state index contributed by atoms with van der Waals surface area (Å²) < 4.78 is 7.33. The highest BCUT2D eigenvalue weighted by Crippen LogP contribution is 2.33. The Hall–Kier alpha value is -1.97. The molecule has 0 radical (unpaired) electrons. The lowest BCUT2D eigenvalue weighted by Crippen LogP contribution is -1.98. The summed E-state index contributed by atoms with van der Waals surface area (Å²) >= 11 is 0. The van der Waals surface area contributed by atoms with Crippen molar-refractivity contribution < 1.29 is 4.74 Å². The zero-order valence-corrected chi connectivity index (χ0v) is 11.5. The molecule has 2 aromatic rings. The van der Waals surface area contributed by atoms with Crippen LogP contribution in [0.2, 0.25) is 0 Å². The Balaban J connectivity index is 2.61. The van der Waals surface area contributed by atoms with Gasteiger partial charge >= 0.3 is 0 Å². The van der Waals surface area contributed by atoms with Gasteiger partial charge in [0, 0.05) is 25.7 Å². The molecule has 1 aromatic carbocycles. The van der Waals surface area contributed by atoms with E-state index in [1.54, 1.807) is 7.11 Å². The largest absolute Gasteiger partial charge is 0.496 e. The van der Waals surface area contributed by atoms with Crippen LogP contribution in [0.15, 0.2) is 18.2 Å². The van der Waals surface area contributed by atoms with Crippen LogP contribution in [0.3, 0.4) is 0 Å². The first-order valence-electron chi connectivity index (χ1n) is 5.94. The van der Waals surface area contributed by atoms with Gasteiger partial charge in [-0.3, -0.25) is 4.68 Å². The minimum atomic E-state index is 0.854. The molecule has 1 heterocycles. The number of benzene rings is 1.